The Kier molecular flexibility index (Phi) is 8.93. The zero-order valence-electron chi connectivity index (χ0n) is 17.5. The molecule has 3 aromatic carbocycles. The van der Waals surface area contributed by atoms with Crippen LogP contribution in [0.15, 0.2) is 88.1 Å². The number of aromatic carboxylic acids is 1. The van der Waals surface area contributed by atoms with Crippen LogP contribution >= 0.6 is 0 Å². The molecule has 0 radical (unpaired) electrons. The number of carboxylic acid groups (broad SMARTS) is 1. The molecule has 0 spiro atoms. The van der Waals surface area contributed by atoms with E-state index in [0.29, 0.717) is 5.56 Å². The summed E-state index contributed by atoms with van der Waals surface area (Å²) in [5.74, 6) is -1.52. The maximum absolute atomic E-state index is 11.6. The Balaban J connectivity index is 0.00000408. The number of azo groups is 1. The number of nitrogens with zero attached hydrogens (tertiary/aromatic N) is 3. The molecule has 0 saturated carbocycles. The topological polar surface area (TPSA) is 163 Å². The first-order valence-corrected chi connectivity index (χ1v) is 10.9. The Labute approximate surface area is 206 Å². The molecule has 3 aromatic rings. The molecule has 0 heterocycles. The van der Waals surface area contributed by atoms with E-state index in [1.165, 1.54) is 25.4 Å². The number of carboxylic acids is 1. The fourth-order valence-corrected chi connectivity index (χ4v) is 3.31. The zero-order valence-corrected chi connectivity index (χ0v) is 19.3. The minimum absolute atomic E-state index is 0. The van der Waals surface area contributed by atoms with Crippen molar-refractivity contribution in [2.24, 2.45) is 10.2 Å². The van der Waals surface area contributed by atoms with Crippen molar-refractivity contribution >= 4 is 38.8 Å². The number of anilines is 1. The Morgan fingerprint density at radius 1 is 1.06 bits per heavy atom. The molecule has 3 rings (SSSR count). The maximum Gasteiger partial charge on any atom is 1.00 e. The fourth-order valence-electron chi connectivity index (χ4n) is 2.78. The van der Waals surface area contributed by atoms with Gasteiger partial charge >= 0.3 is 23.0 Å². The Morgan fingerprint density at radius 3 is 2.32 bits per heavy atom. The van der Waals surface area contributed by atoms with Crippen LogP contribution in [0.4, 0.5) is 17.1 Å². The fraction of sp³-hybridized carbons (Fsp3) is 0.0455. The minimum Gasteiger partial charge on any atom is -0.662 e. The second kappa shape index (κ2) is 11.4. The van der Waals surface area contributed by atoms with E-state index >= 15 is 0 Å². The van der Waals surface area contributed by atoms with Gasteiger partial charge in [0, 0.05) is 18.2 Å². The number of rotatable bonds is 8. The number of hydrogen-bond donors (Lipinski definition) is 4. The van der Waals surface area contributed by atoms with Crippen molar-refractivity contribution in [2.75, 3.05) is 12.4 Å². The molecule has 34 heavy (non-hydrogen) atoms. The van der Waals surface area contributed by atoms with Crippen LogP contribution in [0.3, 0.4) is 0 Å². The summed E-state index contributed by atoms with van der Waals surface area (Å²) in [6.45, 7) is 0. The second-order valence-electron chi connectivity index (χ2n) is 6.60. The summed E-state index contributed by atoms with van der Waals surface area (Å²) in [6, 6.07) is 16.9. The monoisotopic (exact) mass is 530 g/mol. The van der Waals surface area contributed by atoms with Gasteiger partial charge in [-0.1, -0.05) is 48.5 Å². The van der Waals surface area contributed by atoms with Crippen LogP contribution in [-0.4, -0.2) is 36.2 Å². The van der Waals surface area contributed by atoms with E-state index in [1.54, 1.807) is 42.5 Å². The molecule has 180 valence electrons. The van der Waals surface area contributed by atoms with E-state index < -0.39 is 21.0 Å². The van der Waals surface area contributed by atoms with Crippen LogP contribution in [-0.2, 0) is 27.2 Å². The van der Waals surface area contributed by atoms with Crippen molar-refractivity contribution < 1.29 is 45.0 Å². The molecule has 0 aliphatic carbocycles. The average molecular weight is 531 g/mol. The maximum atomic E-state index is 11.6. The third-order valence-electron chi connectivity index (χ3n) is 4.43. The average Bonchev–Trinajstić information content (AvgIpc) is 2.80. The second-order valence-corrected chi connectivity index (χ2v) is 8.02. The number of phenols is 1. The number of aromatic hydroxyl groups is 1. The summed E-state index contributed by atoms with van der Waals surface area (Å²) in [4.78, 5) is 10.9. The standard InChI is InChI=1S/C22H20N4O6S.Cu/c1-23-18-11-15(33(30,31)32)12-19(21(18)27)25-26-20(14-7-3-2-4-8-14)13-24-17-10-6-5-9-16(17)22(28)29;/h2-13H,1H3,(H5,23,24,25,26,27,28,29,30,31,32);/q;+1/p-1. The van der Waals surface area contributed by atoms with Gasteiger partial charge in [-0.2, -0.15) is 13.5 Å². The molecule has 0 aliphatic rings. The molecule has 0 atom stereocenters. The zero-order chi connectivity index (χ0) is 24.0. The molecular weight excluding hydrogens is 512 g/mol. The van der Waals surface area contributed by atoms with Crippen LogP contribution in [0.5, 0.6) is 5.75 Å². The molecule has 0 saturated heterocycles. The number of benzene rings is 3. The Hall–Kier alpha value is -3.70. The van der Waals surface area contributed by atoms with Gasteiger partial charge in [0.2, 0.25) is 0 Å². The largest absolute Gasteiger partial charge is 1.00 e. The molecule has 0 aliphatic heterocycles. The molecule has 4 N–H and O–H groups in total. The van der Waals surface area contributed by atoms with Crippen molar-refractivity contribution in [2.45, 2.75) is 4.90 Å². The molecule has 0 aromatic heterocycles. The van der Waals surface area contributed by atoms with Gasteiger partial charge in [-0.3, -0.25) is 4.55 Å². The predicted octanol–water partition coefficient (Wildman–Crippen LogP) is 5.16. The summed E-state index contributed by atoms with van der Waals surface area (Å²) in [7, 11) is -3.11. The van der Waals surface area contributed by atoms with Crippen LogP contribution in [0, 0.1) is 0 Å². The summed E-state index contributed by atoms with van der Waals surface area (Å²) >= 11 is 0. The Bertz CT molecular complexity index is 1340. The van der Waals surface area contributed by atoms with E-state index in [1.807, 2.05) is 0 Å². The third kappa shape index (κ3) is 6.42. The first-order valence-electron chi connectivity index (χ1n) is 9.43. The van der Waals surface area contributed by atoms with E-state index in [-0.39, 0.29) is 51.1 Å². The predicted molar refractivity (Wildman–Crippen MR) is 123 cm³/mol. The van der Waals surface area contributed by atoms with Gasteiger partial charge in [0.15, 0.2) is 5.75 Å². The van der Waals surface area contributed by atoms with Gasteiger partial charge in [-0.25, -0.2) is 4.79 Å². The van der Waals surface area contributed by atoms with Gasteiger partial charge in [0.05, 0.1) is 16.3 Å². The summed E-state index contributed by atoms with van der Waals surface area (Å²) in [5, 5.41) is 34.6. The van der Waals surface area contributed by atoms with Crippen molar-refractivity contribution in [3.63, 3.8) is 0 Å². The number of para-hydroxylation sites is 1. The van der Waals surface area contributed by atoms with Crippen molar-refractivity contribution in [1.82, 2.24) is 0 Å². The third-order valence-corrected chi connectivity index (χ3v) is 5.26. The van der Waals surface area contributed by atoms with Crippen molar-refractivity contribution in [3.8, 4) is 5.75 Å². The summed E-state index contributed by atoms with van der Waals surface area (Å²) in [5.41, 5.74) is 0.778. The number of hydrogen-bond acceptors (Lipinski definition) is 7. The molecule has 0 amide bonds. The number of nitrogens with one attached hydrogen (secondary N) is 1. The first kappa shape index (κ1) is 26.6. The Morgan fingerprint density at radius 2 is 1.71 bits per heavy atom. The SMILES string of the molecule is CNc1cc(S(=O)(=O)O)cc(N=N/C(=C\[N-]c2ccccc2C(=O)O)c2ccccc2)c1O.[Cu+]. The summed E-state index contributed by atoms with van der Waals surface area (Å²) < 4.78 is 32.5. The quantitative estimate of drug-likeness (QED) is 0.135. The van der Waals surface area contributed by atoms with E-state index in [2.05, 4.69) is 20.9 Å². The normalized spacial score (nSPS) is 11.6. The minimum atomic E-state index is -4.57. The van der Waals surface area contributed by atoms with Crippen LogP contribution in [0.1, 0.15) is 15.9 Å². The van der Waals surface area contributed by atoms with Crippen molar-refractivity contribution in [1.29, 1.82) is 0 Å². The molecule has 12 heteroatoms. The molecule has 0 unspecified atom stereocenters. The van der Waals surface area contributed by atoms with Crippen LogP contribution in [0.2, 0.25) is 0 Å². The van der Waals surface area contributed by atoms with Crippen molar-refractivity contribution in [3.05, 3.63) is 89.4 Å². The van der Waals surface area contributed by atoms with Crippen LogP contribution in [0.25, 0.3) is 11.0 Å². The van der Waals surface area contributed by atoms with Gasteiger partial charge in [0.25, 0.3) is 10.1 Å². The van der Waals surface area contributed by atoms with E-state index in [9.17, 15) is 28.0 Å². The smallest absolute Gasteiger partial charge is 0.662 e. The van der Waals surface area contributed by atoms with Gasteiger partial charge < -0.3 is 20.8 Å². The molecule has 10 nitrogen and oxygen atoms in total. The molecule has 0 fully saturated rings. The number of phenolic OH excluding ortho intramolecular Hbond substituents is 1. The van der Waals surface area contributed by atoms with E-state index in [4.69, 9.17) is 0 Å². The molecule has 0 bridgehead atoms. The molecular formula is C22H19CuN4O6S. The van der Waals surface area contributed by atoms with E-state index in [0.717, 1.165) is 12.1 Å². The van der Waals surface area contributed by atoms with Crippen LogP contribution < -0.4 is 5.32 Å². The summed E-state index contributed by atoms with van der Waals surface area (Å²) in [6.07, 6.45) is 1.31. The number of carbonyl (C=O) groups is 1. The van der Waals surface area contributed by atoms with Gasteiger partial charge in [0.1, 0.15) is 5.69 Å². The first-order chi connectivity index (χ1) is 15.7. The van der Waals surface area contributed by atoms with Gasteiger partial charge in [-0.15, -0.1) is 17.0 Å². The van der Waals surface area contributed by atoms with Gasteiger partial charge in [-0.05, 0) is 18.2 Å².